The second-order valence-electron chi connectivity index (χ2n) is 11.3. The molecule has 0 aliphatic heterocycles. The number of alkyl halides is 2. The van der Waals surface area contributed by atoms with E-state index in [1.54, 1.807) is 0 Å². The third-order valence-electron chi connectivity index (χ3n) is 8.08. The van der Waals surface area contributed by atoms with E-state index in [0.29, 0.717) is 43.7 Å². The molecule has 48 heavy (non-hydrogen) atoms. The maximum atomic E-state index is 14.2. The van der Waals surface area contributed by atoms with Crippen LogP contribution in [-0.4, -0.2) is 89.3 Å². The van der Waals surface area contributed by atoms with Crippen LogP contribution < -0.4 is 9.47 Å². The smallest absolute Gasteiger partial charge is 0.405 e. The highest BCUT2D eigenvalue weighted by molar-refractivity contribution is 7.86. The molecule has 0 bridgehead atoms. The minimum absolute atomic E-state index is 0.290. The normalized spacial score (nSPS) is 12.2. The number of ether oxygens (including phenoxy) is 3. The molecular weight excluding hydrogens is 639 g/mol. The van der Waals surface area contributed by atoms with Gasteiger partial charge >= 0.3 is 33.3 Å². The van der Waals surface area contributed by atoms with E-state index in [1.807, 2.05) is 71.3 Å². The highest BCUT2D eigenvalue weighted by Crippen LogP contribution is 2.31. The molecule has 1 atom stereocenters. The fourth-order valence-corrected chi connectivity index (χ4v) is 5.63. The molecule has 0 saturated heterocycles. The maximum Gasteiger partial charge on any atom is 0.405 e. The number of hydrogen-bond acceptors (Lipinski definition) is 8. The maximum absolute atomic E-state index is 14.2. The van der Waals surface area contributed by atoms with E-state index in [2.05, 4.69) is 0 Å². The van der Waals surface area contributed by atoms with E-state index in [-0.39, 0.29) is 11.1 Å². The van der Waals surface area contributed by atoms with Crippen LogP contribution in [0.5, 0.6) is 11.5 Å². The van der Waals surface area contributed by atoms with Crippen LogP contribution >= 0.6 is 0 Å². The number of esters is 3. The summed E-state index contributed by atoms with van der Waals surface area (Å²) in [5, 5.41) is -4.84. The zero-order chi connectivity index (χ0) is 36.0. The standard InChI is InChI=1S/C30H36B6F2O9S/c1-15(30(37,38)48(42,43)44)45-27(39)18-6-19(28(40)46-25-21(11-33)2-16(9-31)3-22(25)12-34)8-20(7-18)29(41)47-26-23(13-35)4-17(10-32)5-24(26)14-36/h2-8,15H,9-14,31-36H2,1H3,(H,42,43,44). The molecule has 0 saturated carbocycles. The molecule has 3 aromatic rings. The number of rotatable bonds is 14. The number of hydrogen-bond donors (Lipinski definition) is 1. The van der Waals surface area contributed by atoms with Crippen molar-refractivity contribution in [2.24, 2.45) is 0 Å². The Bertz CT molecular complexity index is 1680. The third-order valence-corrected chi connectivity index (χ3v) is 9.10. The van der Waals surface area contributed by atoms with Crippen molar-refractivity contribution >= 4 is 75.1 Å². The molecular formula is C30H36B6F2O9S. The van der Waals surface area contributed by atoms with Crippen LogP contribution in [0, 0.1) is 0 Å². The molecule has 0 amide bonds. The third kappa shape index (κ3) is 8.63. The van der Waals surface area contributed by atoms with Gasteiger partial charge in [-0.3, -0.25) is 4.55 Å². The molecule has 3 rings (SSSR count). The zero-order valence-corrected chi connectivity index (χ0v) is 29.1. The first-order valence-corrected chi connectivity index (χ1v) is 17.4. The van der Waals surface area contributed by atoms with Crippen LogP contribution in [0.2, 0.25) is 0 Å². The van der Waals surface area contributed by atoms with Crippen molar-refractivity contribution in [2.75, 3.05) is 0 Å². The number of carbonyl (C=O) groups is 3. The Morgan fingerprint density at radius 3 is 1.23 bits per heavy atom. The molecule has 0 radical (unpaired) electrons. The van der Waals surface area contributed by atoms with Crippen molar-refractivity contribution < 1.29 is 50.3 Å². The van der Waals surface area contributed by atoms with Crippen LogP contribution in [-0.2, 0) is 52.8 Å². The summed E-state index contributed by atoms with van der Waals surface area (Å²) >= 11 is 0. The van der Waals surface area contributed by atoms with Crippen molar-refractivity contribution in [1.29, 1.82) is 0 Å². The predicted molar refractivity (Wildman–Crippen MR) is 194 cm³/mol. The summed E-state index contributed by atoms with van der Waals surface area (Å²) in [7, 11) is 5.69. The second-order valence-corrected chi connectivity index (χ2v) is 12.8. The molecule has 1 N–H and O–H groups in total. The summed E-state index contributed by atoms with van der Waals surface area (Å²) in [6.07, 6.45) is 1.08. The average molecular weight is 676 g/mol. The fourth-order valence-electron chi connectivity index (χ4n) is 5.17. The first-order valence-electron chi connectivity index (χ1n) is 16.0. The second kappa shape index (κ2) is 16.1. The van der Waals surface area contributed by atoms with Gasteiger partial charge < -0.3 is 14.2 Å². The summed E-state index contributed by atoms with van der Waals surface area (Å²) in [6.45, 7) is 0.579. The molecule has 18 heteroatoms. The Labute approximate surface area is 285 Å². The largest absolute Gasteiger partial charge is 0.451 e. The Morgan fingerprint density at radius 1 is 0.646 bits per heavy atom. The van der Waals surface area contributed by atoms with Crippen LogP contribution in [0.1, 0.15) is 71.4 Å². The minimum atomic E-state index is -5.94. The van der Waals surface area contributed by atoms with E-state index in [9.17, 15) is 31.6 Å². The number of benzene rings is 3. The van der Waals surface area contributed by atoms with Gasteiger partial charge in [0.05, 0.1) is 16.7 Å². The van der Waals surface area contributed by atoms with Gasteiger partial charge in [-0.1, -0.05) is 73.3 Å². The molecule has 0 heterocycles. The SMILES string of the molecule is BCc1cc(CB)c(OC(=O)c2cc(C(=O)Oc3c(CB)cc(CB)cc3CB)cc(C(=O)OC(C)C(F)(F)S(=O)(=O)O)c2)c(CB)c1. The lowest BCUT2D eigenvalue weighted by Gasteiger charge is -2.21. The van der Waals surface area contributed by atoms with Crippen molar-refractivity contribution in [2.45, 2.75) is 56.2 Å². The quantitative estimate of drug-likeness (QED) is 0.0985. The van der Waals surface area contributed by atoms with Gasteiger partial charge in [-0.15, -0.1) is 0 Å². The number of halogens is 2. The molecule has 9 nitrogen and oxygen atoms in total. The summed E-state index contributed by atoms with van der Waals surface area (Å²) in [4.78, 5) is 40.4. The molecule has 0 aromatic heterocycles. The number of carbonyl (C=O) groups excluding carboxylic acids is 3. The van der Waals surface area contributed by atoms with Crippen molar-refractivity contribution in [3.05, 3.63) is 92.5 Å². The lowest BCUT2D eigenvalue weighted by atomic mass is 9.85. The van der Waals surface area contributed by atoms with Gasteiger partial charge in [0, 0.05) is 0 Å². The molecule has 0 fully saturated rings. The van der Waals surface area contributed by atoms with Gasteiger partial charge in [0.25, 0.3) is 0 Å². The minimum Gasteiger partial charge on any atom is -0.451 e. The first kappa shape index (κ1) is 38.7. The van der Waals surface area contributed by atoms with E-state index < -0.39 is 44.9 Å². The monoisotopic (exact) mass is 676 g/mol. The summed E-state index contributed by atoms with van der Waals surface area (Å²) in [5.74, 6) is -2.71. The average Bonchev–Trinajstić information content (AvgIpc) is 3.07. The van der Waals surface area contributed by atoms with Crippen molar-refractivity contribution in [3.63, 3.8) is 0 Å². The summed E-state index contributed by atoms with van der Waals surface area (Å²) in [6, 6.07) is 10.8. The van der Waals surface area contributed by atoms with Gasteiger partial charge in [0.2, 0.25) is 0 Å². The lowest BCUT2D eigenvalue weighted by Crippen LogP contribution is -2.42. The van der Waals surface area contributed by atoms with Crippen molar-refractivity contribution in [3.8, 4) is 11.5 Å². The lowest BCUT2D eigenvalue weighted by molar-refractivity contribution is -0.0550. The van der Waals surface area contributed by atoms with Crippen LogP contribution in [0.15, 0.2) is 42.5 Å². The molecule has 0 aliphatic carbocycles. The van der Waals surface area contributed by atoms with E-state index in [1.165, 1.54) is 0 Å². The van der Waals surface area contributed by atoms with E-state index in [4.69, 9.17) is 18.8 Å². The predicted octanol–water partition coefficient (Wildman–Crippen LogP) is -1.05. The van der Waals surface area contributed by atoms with Gasteiger partial charge in [0.15, 0.2) is 6.10 Å². The Hall–Kier alpha value is -3.77. The molecule has 1 unspecified atom stereocenters. The van der Waals surface area contributed by atoms with Gasteiger partial charge in [-0.25, -0.2) is 14.4 Å². The van der Waals surface area contributed by atoms with Crippen LogP contribution in [0.3, 0.4) is 0 Å². The topological polar surface area (TPSA) is 133 Å². The molecule has 248 valence electrons. The Morgan fingerprint density at radius 2 is 0.958 bits per heavy atom. The Kier molecular flexibility index (Phi) is 13.0. The van der Waals surface area contributed by atoms with Gasteiger partial charge in [0.1, 0.15) is 58.6 Å². The van der Waals surface area contributed by atoms with E-state index >= 15 is 0 Å². The molecule has 0 spiro atoms. The van der Waals surface area contributed by atoms with Crippen LogP contribution in [0.25, 0.3) is 0 Å². The molecule has 0 aliphatic rings. The zero-order valence-electron chi connectivity index (χ0n) is 28.2. The van der Waals surface area contributed by atoms with E-state index in [0.717, 1.165) is 64.2 Å². The highest BCUT2D eigenvalue weighted by Gasteiger charge is 2.52. The summed E-state index contributed by atoms with van der Waals surface area (Å²) < 4.78 is 76.2. The Balaban J connectivity index is 2.13. The van der Waals surface area contributed by atoms with Crippen LogP contribution in [0.4, 0.5) is 8.78 Å². The van der Waals surface area contributed by atoms with Gasteiger partial charge in [-0.2, -0.15) is 17.2 Å². The summed E-state index contributed by atoms with van der Waals surface area (Å²) in [5.41, 5.74) is 4.07. The first-order chi connectivity index (χ1) is 22.5. The molecule has 3 aromatic carbocycles. The van der Waals surface area contributed by atoms with Crippen molar-refractivity contribution in [1.82, 2.24) is 0 Å². The fraction of sp³-hybridized carbons (Fsp3) is 0.300. The van der Waals surface area contributed by atoms with Gasteiger partial charge in [-0.05, 0) is 47.4 Å². The highest BCUT2D eigenvalue weighted by atomic mass is 32.2.